The highest BCUT2D eigenvalue weighted by Crippen LogP contribution is 2.29. The van der Waals surface area contributed by atoms with Gasteiger partial charge in [-0.3, -0.25) is 4.79 Å². The molecular formula is C23H26N4O. The predicted molar refractivity (Wildman–Crippen MR) is 113 cm³/mol. The second-order valence-electron chi connectivity index (χ2n) is 7.11. The molecule has 144 valence electrons. The van der Waals surface area contributed by atoms with E-state index in [2.05, 4.69) is 59.6 Å². The van der Waals surface area contributed by atoms with E-state index in [0.29, 0.717) is 24.0 Å². The van der Waals surface area contributed by atoms with E-state index in [-0.39, 0.29) is 5.91 Å². The fraction of sp³-hybridized carbons (Fsp3) is 0.261. The van der Waals surface area contributed by atoms with Gasteiger partial charge in [0.1, 0.15) is 0 Å². The van der Waals surface area contributed by atoms with E-state index < -0.39 is 0 Å². The maximum Gasteiger partial charge on any atom is 0.254 e. The molecule has 3 aromatic rings. The highest BCUT2D eigenvalue weighted by Gasteiger charge is 2.11. The highest BCUT2D eigenvalue weighted by molar-refractivity contribution is 5.93. The van der Waals surface area contributed by atoms with E-state index in [1.54, 1.807) is 12.4 Å². The summed E-state index contributed by atoms with van der Waals surface area (Å²) in [6.07, 6.45) is 3.90. The Morgan fingerprint density at radius 2 is 1.71 bits per heavy atom. The number of hydrogen-bond donors (Lipinski definition) is 2. The molecule has 0 saturated carbocycles. The van der Waals surface area contributed by atoms with Crippen LogP contribution in [0, 0.1) is 6.92 Å². The first-order valence-corrected chi connectivity index (χ1v) is 9.55. The van der Waals surface area contributed by atoms with Gasteiger partial charge in [-0.05, 0) is 36.0 Å². The summed E-state index contributed by atoms with van der Waals surface area (Å²) in [4.78, 5) is 20.9. The third kappa shape index (κ3) is 4.94. The molecule has 0 fully saturated rings. The van der Waals surface area contributed by atoms with Crippen molar-refractivity contribution in [2.24, 2.45) is 0 Å². The largest absolute Gasteiger partial charge is 0.352 e. The summed E-state index contributed by atoms with van der Waals surface area (Å²) in [6.45, 7) is 6.94. The number of hydrogen-bond acceptors (Lipinski definition) is 4. The van der Waals surface area contributed by atoms with Crippen molar-refractivity contribution in [2.45, 2.75) is 33.1 Å². The summed E-state index contributed by atoms with van der Waals surface area (Å²) in [5.41, 5.74) is 5.02. The standard InChI is InChI=1S/C23H26N4O/c1-16(2)20-11-7-8-17(3)21(20)27-23-25-14-19(15-26-23)22(28)24-13-12-18-9-5-4-6-10-18/h4-11,14-16H,12-13H2,1-3H3,(H,24,28)(H,25,26,27). The molecule has 5 heteroatoms. The number of carbonyl (C=O) groups is 1. The van der Waals surface area contributed by atoms with Crippen LogP contribution in [-0.4, -0.2) is 22.4 Å². The molecule has 28 heavy (non-hydrogen) atoms. The topological polar surface area (TPSA) is 66.9 Å². The first-order chi connectivity index (χ1) is 13.5. The van der Waals surface area contributed by atoms with Crippen molar-refractivity contribution in [3.63, 3.8) is 0 Å². The minimum atomic E-state index is -0.166. The maximum absolute atomic E-state index is 12.3. The minimum absolute atomic E-state index is 0.166. The molecule has 0 radical (unpaired) electrons. The van der Waals surface area contributed by atoms with Crippen LogP contribution in [0.4, 0.5) is 11.6 Å². The molecule has 0 aliphatic carbocycles. The Morgan fingerprint density at radius 1 is 1.00 bits per heavy atom. The molecule has 0 bridgehead atoms. The molecule has 2 aromatic carbocycles. The molecule has 0 aliphatic rings. The molecular weight excluding hydrogens is 348 g/mol. The second kappa shape index (κ2) is 9.13. The molecule has 1 amide bonds. The van der Waals surface area contributed by atoms with Gasteiger partial charge in [-0.1, -0.05) is 62.4 Å². The maximum atomic E-state index is 12.3. The van der Waals surface area contributed by atoms with Crippen LogP contribution in [0.2, 0.25) is 0 Å². The molecule has 0 spiro atoms. The SMILES string of the molecule is Cc1cccc(C(C)C)c1Nc1ncc(C(=O)NCCc2ccccc2)cn1. The lowest BCUT2D eigenvalue weighted by Crippen LogP contribution is -2.26. The van der Waals surface area contributed by atoms with Gasteiger partial charge in [0.25, 0.3) is 5.91 Å². The fourth-order valence-corrected chi connectivity index (χ4v) is 3.03. The zero-order chi connectivity index (χ0) is 19.9. The van der Waals surface area contributed by atoms with Gasteiger partial charge in [-0.2, -0.15) is 0 Å². The van der Waals surface area contributed by atoms with E-state index in [0.717, 1.165) is 17.7 Å². The quantitative estimate of drug-likeness (QED) is 0.633. The van der Waals surface area contributed by atoms with E-state index in [1.165, 1.54) is 11.1 Å². The van der Waals surface area contributed by atoms with Crippen LogP contribution in [0.5, 0.6) is 0 Å². The lowest BCUT2D eigenvalue weighted by Gasteiger charge is -2.16. The van der Waals surface area contributed by atoms with Crippen molar-refractivity contribution < 1.29 is 4.79 Å². The molecule has 2 N–H and O–H groups in total. The third-order valence-corrected chi connectivity index (χ3v) is 4.62. The smallest absolute Gasteiger partial charge is 0.254 e. The van der Waals surface area contributed by atoms with Gasteiger partial charge in [0.2, 0.25) is 5.95 Å². The predicted octanol–water partition coefficient (Wildman–Crippen LogP) is 4.62. The Morgan fingerprint density at radius 3 is 2.39 bits per heavy atom. The molecule has 5 nitrogen and oxygen atoms in total. The second-order valence-corrected chi connectivity index (χ2v) is 7.11. The Labute approximate surface area is 166 Å². The number of aromatic nitrogens is 2. The van der Waals surface area contributed by atoms with Gasteiger partial charge in [0.15, 0.2) is 0 Å². The Kier molecular flexibility index (Phi) is 6.37. The summed E-state index contributed by atoms with van der Waals surface area (Å²) in [7, 11) is 0. The summed E-state index contributed by atoms with van der Waals surface area (Å²) in [5, 5.41) is 6.21. The molecule has 0 aliphatic heterocycles. The summed E-state index contributed by atoms with van der Waals surface area (Å²) in [6, 6.07) is 16.3. The summed E-state index contributed by atoms with van der Waals surface area (Å²) in [5.74, 6) is 0.704. The first kappa shape index (κ1) is 19.5. The van der Waals surface area contributed by atoms with E-state index in [9.17, 15) is 4.79 Å². The molecule has 1 heterocycles. The van der Waals surface area contributed by atoms with Gasteiger partial charge < -0.3 is 10.6 Å². The van der Waals surface area contributed by atoms with Gasteiger partial charge in [-0.25, -0.2) is 9.97 Å². The van der Waals surface area contributed by atoms with Gasteiger partial charge >= 0.3 is 0 Å². The molecule has 1 aromatic heterocycles. The van der Waals surface area contributed by atoms with Crippen LogP contribution in [-0.2, 0) is 6.42 Å². The summed E-state index contributed by atoms with van der Waals surface area (Å²) >= 11 is 0. The number of carbonyl (C=O) groups excluding carboxylic acids is 1. The number of rotatable bonds is 7. The Hall–Kier alpha value is -3.21. The van der Waals surface area contributed by atoms with Crippen LogP contribution < -0.4 is 10.6 Å². The molecule has 0 atom stereocenters. The average molecular weight is 374 g/mol. The normalized spacial score (nSPS) is 10.7. The van der Waals surface area contributed by atoms with E-state index >= 15 is 0 Å². The van der Waals surface area contributed by atoms with Crippen molar-refractivity contribution in [1.82, 2.24) is 15.3 Å². The number of nitrogens with one attached hydrogen (secondary N) is 2. The average Bonchev–Trinajstić information content (AvgIpc) is 2.70. The van der Waals surface area contributed by atoms with Crippen molar-refractivity contribution in [2.75, 3.05) is 11.9 Å². The van der Waals surface area contributed by atoms with Gasteiger partial charge in [0.05, 0.1) is 5.56 Å². The fourth-order valence-electron chi connectivity index (χ4n) is 3.03. The number of nitrogens with zero attached hydrogens (tertiary/aromatic N) is 2. The Bertz CT molecular complexity index is 921. The van der Waals surface area contributed by atoms with Crippen LogP contribution in [0.15, 0.2) is 60.9 Å². The lowest BCUT2D eigenvalue weighted by molar-refractivity contribution is 0.0953. The van der Waals surface area contributed by atoms with Crippen molar-refractivity contribution in [1.29, 1.82) is 0 Å². The van der Waals surface area contributed by atoms with Gasteiger partial charge in [-0.15, -0.1) is 0 Å². The van der Waals surface area contributed by atoms with Gasteiger partial charge in [0, 0.05) is 24.6 Å². The van der Waals surface area contributed by atoms with Crippen LogP contribution >= 0.6 is 0 Å². The number of para-hydroxylation sites is 1. The third-order valence-electron chi connectivity index (χ3n) is 4.62. The van der Waals surface area contributed by atoms with Crippen LogP contribution in [0.1, 0.15) is 46.8 Å². The zero-order valence-electron chi connectivity index (χ0n) is 16.6. The molecule has 0 saturated heterocycles. The minimum Gasteiger partial charge on any atom is -0.352 e. The monoisotopic (exact) mass is 374 g/mol. The zero-order valence-corrected chi connectivity index (χ0v) is 16.6. The Balaban J connectivity index is 1.61. The van der Waals surface area contributed by atoms with Crippen molar-refractivity contribution in [3.05, 3.63) is 83.2 Å². The van der Waals surface area contributed by atoms with Crippen LogP contribution in [0.3, 0.4) is 0 Å². The van der Waals surface area contributed by atoms with Crippen molar-refractivity contribution in [3.8, 4) is 0 Å². The number of anilines is 2. The molecule has 3 rings (SSSR count). The lowest BCUT2D eigenvalue weighted by atomic mass is 9.98. The van der Waals surface area contributed by atoms with Crippen molar-refractivity contribution >= 4 is 17.5 Å². The number of aryl methyl sites for hydroxylation is 1. The highest BCUT2D eigenvalue weighted by atomic mass is 16.1. The van der Waals surface area contributed by atoms with E-state index in [1.807, 2.05) is 30.3 Å². The molecule has 0 unspecified atom stereocenters. The summed E-state index contributed by atoms with van der Waals surface area (Å²) < 4.78 is 0. The van der Waals surface area contributed by atoms with Crippen LogP contribution in [0.25, 0.3) is 0 Å². The number of benzene rings is 2. The number of amides is 1. The first-order valence-electron chi connectivity index (χ1n) is 9.55. The van der Waals surface area contributed by atoms with E-state index in [4.69, 9.17) is 0 Å².